The summed E-state index contributed by atoms with van der Waals surface area (Å²) in [6, 6.07) is 7.85. The molecule has 1 saturated carbocycles. The zero-order valence-corrected chi connectivity index (χ0v) is 24.6. The van der Waals surface area contributed by atoms with E-state index in [1.807, 2.05) is 46.8 Å². The summed E-state index contributed by atoms with van der Waals surface area (Å²) >= 11 is 1.48. The summed E-state index contributed by atoms with van der Waals surface area (Å²) in [4.78, 5) is 35.0. The van der Waals surface area contributed by atoms with E-state index in [1.54, 1.807) is 18.5 Å². The van der Waals surface area contributed by atoms with Gasteiger partial charge in [0.25, 0.3) is 0 Å². The Morgan fingerprint density at radius 2 is 1.88 bits per heavy atom. The van der Waals surface area contributed by atoms with E-state index >= 15 is 0 Å². The molecule has 42 heavy (non-hydrogen) atoms. The minimum absolute atomic E-state index is 0.0232. The number of halogens is 3. The summed E-state index contributed by atoms with van der Waals surface area (Å²) in [5, 5.41) is 22.5. The zero-order valence-electron chi connectivity index (χ0n) is 23.8. The summed E-state index contributed by atoms with van der Waals surface area (Å²) in [5.41, 5.74) is 7.03. The number of carboxylic acid groups (broad SMARTS) is 1. The Labute approximate surface area is 245 Å². The van der Waals surface area contributed by atoms with Crippen LogP contribution < -0.4 is 15.8 Å². The Bertz CT molecular complexity index is 1430. The minimum Gasteiger partial charge on any atom is -0.475 e. The quantitative estimate of drug-likeness (QED) is 0.268. The summed E-state index contributed by atoms with van der Waals surface area (Å²) in [6.45, 7) is 9.90. The molecule has 2 atom stereocenters. The van der Waals surface area contributed by atoms with Gasteiger partial charge >= 0.3 is 12.1 Å². The molecule has 10 nitrogen and oxygen atoms in total. The summed E-state index contributed by atoms with van der Waals surface area (Å²) in [7, 11) is 0. The number of carbonyl (C=O) groups is 2. The van der Waals surface area contributed by atoms with Crippen LogP contribution in [0.5, 0.6) is 5.88 Å². The number of rotatable bonds is 7. The number of alkyl halides is 3. The lowest BCUT2D eigenvalue weighted by Gasteiger charge is -2.44. The number of nitrogens with two attached hydrogens (primary N) is 1. The second-order valence-corrected chi connectivity index (χ2v) is 12.2. The average Bonchev–Trinajstić information content (AvgIpc) is 3.34. The molecule has 1 aromatic carbocycles. The molecule has 4 rings (SSSR count). The number of nitrogens with zero attached hydrogens (tertiary/aromatic N) is 3. The van der Waals surface area contributed by atoms with Crippen LogP contribution in [0.2, 0.25) is 0 Å². The van der Waals surface area contributed by atoms with Crippen LogP contribution in [0.4, 0.5) is 24.8 Å². The number of carbonyl (C=O) groups excluding carboxylic acids is 1. The van der Waals surface area contributed by atoms with Crippen LogP contribution in [0.3, 0.4) is 0 Å². The predicted octanol–water partition coefficient (Wildman–Crippen LogP) is 5.57. The van der Waals surface area contributed by atoms with Gasteiger partial charge in [-0.2, -0.15) is 18.2 Å². The van der Waals surface area contributed by atoms with Gasteiger partial charge < -0.3 is 26.0 Å². The number of carboxylic acids is 1. The molecule has 228 valence electrons. The van der Waals surface area contributed by atoms with E-state index in [2.05, 4.69) is 26.3 Å². The first-order valence-corrected chi connectivity index (χ1v) is 13.9. The van der Waals surface area contributed by atoms with Gasteiger partial charge in [-0.25, -0.2) is 14.8 Å². The van der Waals surface area contributed by atoms with Crippen molar-refractivity contribution in [3.05, 3.63) is 47.2 Å². The number of aliphatic carboxylic acids is 1. The molecule has 14 heteroatoms. The number of amides is 1. The summed E-state index contributed by atoms with van der Waals surface area (Å²) in [5.74, 6) is -2.35. The maximum absolute atomic E-state index is 11.9. The summed E-state index contributed by atoms with van der Waals surface area (Å²) in [6.07, 6.45) is -0.149. The minimum atomic E-state index is -5.08. The van der Waals surface area contributed by atoms with Crippen molar-refractivity contribution >= 4 is 34.8 Å². The Morgan fingerprint density at radius 1 is 1.21 bits per heavy atom. The molecule has 1 amide bonds. The van der Waals surface area contributed by atoms with Crippen LogP contribution in [0.25, 0.3) is 10.4 Å². The number of ether oxygens (including phenoxy) is 1. The SMILES string of the molecule is Cc1cc(Nc2nccc(OC(C)C)n2)cc(-c2cnc([C@@]3(O)CC[C@H](C(N)=O)C(C)(C)C3)s2)c1.O=C(O)C(F)(F)F. The van der Waals surface area contributed by atoms with Crippen molar-refractivity contribution in [3.63, 3.8) is 0 Å². The Kier molecular flexibility index (Phi) is 9.83. The van der Waals surface area contributed by atoms with E-state index in [0.717, 1.165) is 21.7 Å². The smallest absolute Gasteiger partial charge is 0.475 e. The van der Waals surface area contributed by atoms with Crippen LogP contribution in [-0.2, 0) is 15.2 Å². The Balaban J connectivity index is 0.000000616. The van der Waals surface area contributed by atoms with Gasteiger partial charge in [0, 0.05) is 30.1 Å². The van der Waals surface area contributed by atoms with E-state index < -0.39 is 23.2 Å². The van der Waals surface area contributed by atoms with Crippen LogP contribution in [0, 0.1) is 18.3 Å². The first-order valence-electron chi connectivity index (χ1n) is 13.1. The molecule has 2 heterocycles. The monoisotopic (exact) mass is 609 g/mol. The molecular formula is C28H34F3N5O5S. The van der Waals surface area contributed by atoms with Gasteiger partial charge in [0.1, 0.15) is 10.6 Å². The van der Waals surface area contributed by atoms with Crippen molar-refractivity contribution in [1.29, 1.82) is 0 Å². The number of aromatic nitrogens is 3. The fraction of sp³-hybridized carbons (Fsp3) is 0.464. The van der Waals surface area contributed by atoms with Gasteiger partial charge in [-0.3, -0.25) is 4.79 Å². The number of anilines is 2. The molecule has 0 radical (unpaired) electrons. The van der Waals surface area contributed by atoms with E-state index in [0.29, 0.717) is 36.1 Å². The lowest BCUT2D eigenvalue weighted by atomic mass is 9.63. The number of aryl methyl sites for hydroxylation is 1. The van der Waals surface area contributed by atoms with Gasteiger partial charge in [-0.15, -0.1) is 11.3 Å². The highest BCUT2D eigenvalue weighted by Crippen LogP contribution is 2.50. The molecule has 1 aliphatic rings. The molecule has 5 N–H and O–H groups in total. The third-order valence-corrected chi connectivity index (χ3v) is 7.87. The van der Waals surface area contributed by atoms with E-state index in [1.165, 1.54) is 11.3 Å². The molecule has 0 saturated heterocycles. The Morgan fingerprint density at radius 3 is 2.45 bits per heavy atom. The maximum atomic E-state index is 11.9. The number of hydrogen-bond donors (Lipinski definition) is 4. The predicted molar refractivity (Wildman–Crippen MR) is 151 cm³/mol. The standard InChI is InChI=1S/C26H33N5O3S.C2HF3O2/c1-15(2)34-21-7-9-28-24(31-21)30-18-11-16(3)10-17(12-18)20-13-29-23(35-20)26(33)8-6-19(22(27)32)25(4,5)14-26;3-2(4,5)1(6)7/h7,9-13,15,19,33H,6,8,14H2,1-5H3,(H2,27,32)(H,28,30,31);(H,6,7)/t19-,26-;/m1./s1. The highest BCUT2D eigenvalue weighted by atomic mass is 32.1. The third-order valence-electron chi connectivity index (χ3n) is 6.63. The van der Waals surface area contributed by atoms with Crippen molar-refractivity contribution < 1.29 is 37.7 Å². The molecule has 0 bridgehead atoms. The number of hydrogen-bond acceptors (Lipinski definition) is 9. The van der Waals surface area contributed by atoms with Crippen molar-refractivity contribution in [2.75, 3.05) is 5.32 Å². The van der Waals surface area contributed by atoms with Crippen molar-refractivity contribution in [2.24, 2.45) is 17.1 Å². The highest BCUT2D eigenvalue weighted by molar-refractivity contribution is 7.15. The van der Waals surface area contributed by atoms with Gasteiger partial charge in [0.2, 0.25) is 17.7 Å². The van der Waals surface area contributed by atoms with Crippen LogP contribution >= 0.6 is 11.3 Å². The van der Waals surface area contributed by atoms with Crippen molar-refractivity contribution in [1.82, 2.24) is 15.0 Å². The summed E-state index contributed by atoms with van der Waals surface area (Å²) < 4.78 is 37.4. The number of benzene rings is 1. The van der Waals surface area contributed by atoms with Gasteiger partial charge in [0.15, 0.2) is 0 Å². The van der Waals surface area contributed by atoms with Gasteiger partial charge in [-0.05, 0) is 68.7 Å². The zero-order chi connectivity index (χ0) is 31.5. The van der Waals surface area contributed by atoms with Gasteiger partial charge in [-0.1, -0.05) is 19.9 Å². The van der Waals surface area contributed by atoms with E-state index in [-0.39, 0.29) is 17.9 Å². The number of nitrogens with one attached hydrogen (secondary N) is 1. The number of primary amides is 1. The molecule has 1 fully saturated rings. The molecule has 2 aromatic heterocycles. The molecule has 3 aromatic rings. The maximum Gasteiger partial charge on any atom is 0.490 e. The third kappa shape index (κ3) is 8.38. The fourth-order valence-corrected chi connectivity index (χ4v) is 5.93. The molecule has 1 aliphatic carbocycles. The number of aliphatic hydroxyl groups is 1. The normalized spacial score (nSPS) is 19.9. The highest BCUT2D eigenvalue weighted by Gasteiger charge is 2.48. The molecule has 0 unspecified atom stereocenters. The fourth-order valence-electron chi connectivity index (χ4n) is 4.91. The lowest BCUT2D eigenvalue weighted by molar-refractivity contribution is -0.192. The van der Waals surface area contributed by atoms with Gasteiger partial charge in [0.05, 0.1) is 11.0 Å². The van der Waals surface area contributed by atoms with E-state index in [4.69, 9.17) is 20.4 Å². The topological polar surface area (TPSA) is 161 Å². The van der Waals surface area contributed by atoms with Crippen LogP contribution in [-0.4, -0.2) is 49.3 Å². The number of thiazole rings is 1. The van der Waals surface area contributed by atoms with Crippen LogP contribution in [0.1, 0.15) is 57.5 Å². The Hall–Kier alpha value is -3.78. The van der Waals surface area contributed by atoms with Crippen molar-refractivity contribution in [2.45, 2.75) is 71.8 Å². The largest absolute Gasteiger partial charge is 0.490 e. The van der Waals surface area contributed by atoms with E-state index in [9.17, 15) is 23.1 Å². The lowest BCUT2D eigenvalue weighted by Crippen LogP contribution is -2.46. The first-order chi connectivity index (χ1) is 19.4. The molecule has 0 spiro atoms. The average molecular weight is 610 g/mol. The van der Waals surface area contributed by atoms with Crippen molar-refractivity contribution in [3.8, 4) is 16.3 Å². The first kappa shape index (κ1) is 32.7. The second kappa shape index (κ2) is 12.6. The molecular weight excluding hydrogens is 575 g/mol. The second-order valence-electron chi connectivity index (χ2n) is 11.1. The molecule has 0 aliphatic heterocycles. The van der Waals surface area contributed by atoms with Crippen LogP contribution in [0.15, 0.2) is 36.7 Å².